The molecule has 1 heterocycles. The number of aryl methyl sites for hydroxylation is 1. The molecular formula is C7H9N3O2. The average molecular weight is 167 g/mol. The van der Waals surface area contributed by atoms with Crippen LogP contribution in [0.3, 0.4) is 0 Å². The number of amides is 1. The van der Waals surface area contributed by atoms with Crippen LogP contribution in [0.1, 0.15) is 12.5 Å². The Morgan fingerprint density at radius 2 is 2.33 bits per heavy atom. The summed E-state index contributed by atoms with van der Waals surface area (Å²) < 4.78 is 0. The van der Waals surface area contributed by atoms with Crippen molar-refractivity contribution in [2.24, 2.45) is 0 Å². The van der Waals surface area contributed by atoms with Crippen molar-refractivity contribution in [3.8, 4) is 0 Å². The van der Waals surface area contributed by atoms with Gasteiger partial charge in [0, 0.05) is 18.7 Å². The molecule has 5 nitrogen and oxygen atoms in total. The van der Waals surface area contributed by atoms with Gasteiger partial charge in [-0.05, 0) is 6.92 Å². The number of nitrogens with zero attached hydrogens (tertiary/aromatic N) is 1. The summed E-state index contributed by atoms with van der Waals surface area (Å²) in [6.07, 6.45) is 1.50. The van der Waals surface area contributed by atoms with Crippen molar-refractivity contribution in [2.75, 3.05) is 5.32 Å². The first-order chi connectivity index (χ1) is 5.59. The Hall–Kier alpha value is -1.65. The van der Waals surface area contributed by atoms with Crippen molar-refractivity contribution in [2.45, 2.75) is 13.8 Å². The van der Waals surface area contributed by atoms with Crippen molar-refractivity contribution >= 4 is 11.7 Å². The van der Waals surface area contributed by atoms with E-state index in [1.807, 2.05) is 0 Å². The van der Waals surface area contributed by atoms with E-state index in [1.165, 1.54) is 13.1 Å². The molecule has 1 amide bonds. The Bertz CT molecular complexity index is 356. The highest BCUT2D eigenvalue weighted by Crippen LogP contribution is 2.04. The van der Waals surface area contributed by atoms with E-state index in [4.69, 9.17) is 0 Å². The number of anilines is 1. The molecule has 0 saturated carbocycles. The van der Waals surface area contributed by atoms with Crippen molar-refractivity contribution in [1.82, 2.24) is 9.97 Å². The minimum atomic E-state index is -0.468. The maximum absolute atomic E-state index is 10.7. The van der Waals surface area contributed by atoms with E-state index < -0.39 is 5.69 Å². The molecule has 0 aliphatic carbocycles. The van der Waals surface area contributed by atoms with Gasteiger partial charge < -0.3 is 10.3 Å². The number of carbonyl (C=O) groups excluding carboxylic acids is 1. The molecule has 0 spiro atoms. The third kappa shape index (κ3) is 1.91. The minimum absolute atomic E-state index is 0.240. The lowest BCUT2D eigenvalue weighted by molar-refractivity contribution is -0.114. The minimum Gasteiger partial charge on any atom is -0.312 e. The summed E-state index contributed by atoms with van der Waals surface area (Å²) in [4.78, 5) is 27.3. The van der Waals surface area contributed by atoms with Crippen LogP contribution in [0.5, 0.6) is 0 Å². The Morgan fingerprint density at radius 3 is 2.92 bits per heavy atom. The highest BCUT2D eigenvalue weighted by molar-refractivity contribution is 5.88. The molecule has 2 N–H and O–H groups in total. The number of hydrogen-bond donors (Lipinski definition) is 2. The molecule has 1 aromatic rings. The van der Waals surface area contributed by atoms with Crippen LogP contribution in [0.4, 0.5) is 5.82 Å². The zero-order chi connectivity index (χ0) is 9.14. The van der Waals surface area contributed by atoms with Gasteiger partial charge in [-0.3, -0.25) is 4.79 Å². The smallest absolute Gasteiger partial charge is 0.312 e. The largest absolute Gasteiger partial charge is 0.346 e. The SMILES string of the molecule is CC(=O)Nc1nc(=O)[nH]cc1C. The Labute approximate surface area is 68.8 Å². The maximum Gasteiger partial charge on any atom is 0.346 e. The molecule has 0 aliphatic rings. The van der Waals surface area contributed by atoms with E-state index in [-0.39, 0.29) is 5.91 Å². The Morgan fingerprint density at radius 1 is 1.67 bits per heavy atom. The molecule has 0 fully saturated rings. The number of nitrogens with one attached hydrogen (secondary N) is 2. The summed E-state index contributed by atoms with van der Waals surface area (Å²) in [5.74, 6) is 0.0717. The predicted octanol–water partition coefficient (Wildman–Crippen LogP) is 0.0367. The molecule has 0 radical (unpaired) electrons. The fraction of sp³-hybridized carbons (Fsp3) is 0.286. The van der Waals surface area contributed by atoms with Gasteiger partial charge in [-0.25, -0.2) is 4.79 Å². The van der Waals surface area contributed by atoms with E-state index in [0.717, 1.165) is 5.56 Å². The highest BCUT2D eigenvalue weighted by Gasteiger charge is 2.01. The quantitative estimate of drug-likeness (QED) is 0.620. The van der Waals surface area contributed by atoms with Crippen molar-refractivity contribution in [3.63, 3.8) is 0 Å². The van der Waals surface area contributed by atoms with Gasteiger partial charge >= 0.3 is 5.69 Å². The maximum atomic E-state index is 10.7. The third-order valence-corrected chi connectivity index (χ3v) is 1.29. The summed E-state index contributed by atoms with van der Waals surface area (Å²) >= 11 is 0. The fourth-order valence-corrected chi connectivity index (χ4v) is 0.754. The van der Waals surface area contributed by atoms with Crippen LogP contribution in [0.2, 0.25) is 0 Å². The van der Waals surface area contributed by atoms with Crippen LogP contribution in [-0.2, 0) is 4.79 Å². The second-order valence-corrected chi connectivity index (χ2v) is 2.42. The lowest BCUT2D eigenvalue weighted by Gasteiger charge is -2.01. The highest BCUT2D eigenvalue weighted by atomic mass is 16.2. The van der Waals surface area contributed by atoms with Crippen LogP contribution in [0.15, 0.2) is 11.0 Å². The summed E-state index contributed by atoms with van der Waals surface area (Å²) in [6.45, 7) is 3.11. The molecule has 1 aromatic heterocycles. The van der Waals surface area contributed by atoms with E-state index >= 15 is 0 Å². The number of hydrogen-bond acceptors (Lipinski definition) is 3. The van der Waals surface area contributed by atoms with Crippen molar-refractivity contribution in [3.05, 3.63) is 22.2 Å². The van der Waals surface area contributed by atoms with Gasteiger partial charge in [-0.1, -0.05) is 0 Å². The van der Waals surface area contributed by atoms with E-state index in [2.05, 4.69) is 15.3 Å². The normalized spacial score (nSPS) is 9.50. The number of rotatable bonds is 1. The first-order valence-corrected chi connectivity index (χ1v) is 3.43. The van der Waals surface area contributed by atoms with Crippen LogP contribution < -0.4 is 11.0 Å². The van der Waals surface area contributed by atoms with E-state index in [0.29, 0.717) is 5.82 Å². The van der Waals surface area contributed by atoms with Crippen LogP contribution in [-0.4, -0.2) is 15.9 Å². The molecule has 12 heavy (non-hydrogen) atoms. The monoisotopic (exact) mass is 167 g/mol. The average Bonchev–Trinajstić information content (AvgIpc) is 1.96. The molecule has 5 heteroatoms. The Kier molecular flexibility index (Phi) is 2.23. The van der Waals surface area contributed by atoms with Gasteiger partial charge in [0.1, 0.15) is 5.82 Å². The summed E-state index contributed by atoms with van der Waals surface area (Å²) in [6, 6.07) is 0. The van der Waals surface area contributed by atoms with Gasteiger partial charge in [0.2, 0.25) is 5.91 Å². The summed E-state index contributed by atoms with van der Waals surface area (Å²) in [5, 5.41) is 2.44. The first-order valence-electron chi connectivity index (χ1n) is 3.43. The number of H-pyrrole nitrogens is 1. The van der Waals surface area contributed by atoms with Gasteiger partial charge in [0.05, 0.1) is 0 Å². The molecule has 64 valence electrons. The second kappa shape index (κ2) is 3.17. The zero-order valence-corrected chi connectivity index (χ0v) is 6.84. The van der Waals surface area contributed by atoms with Crippen LogP contribution in [0.25, 0.3) is 0 Å². The zero-order valence-electron chi connectivity index (χ0n) is 6.84. The lowest BCUT2D eigenvalue weighted by atomic mass is 10.3. The molecule has 1 rings (SSSR count). The Balaban J connectivity index is 3.05. The molecule has 0 bridgehead atoms. The number of aromatic nitrogens is 2. The van der Waals surface area contributed by atoms with Crippen molar-refractivity contribution < 1.29 is 4.79 Å². The molecule has 0 unspecified atom stereocenters. The summed E-state index contributed by atoms with van der Waals surface area (Å²) in [7, 11) is 0. The molecule has 0 saturated heterocycles. The van der Waals surface area contributed by atoms with Crippen LogP contribution in [0, 0.1) is 6.92 Å². The summed E-state index contributed by atoms with van der Waals surface area (Å²) in [5.41, 5.74) is 0.258. The number of carbonyl (C=O) groups is 1. The first kappa shape index (κ1) is 8.45. The van der Waals surface area contributed by atoms with Crippen molar-refractivity contribution in [1.29, 1.82) is 0 Å². The molecule has 0 aliphatic heterocycles. The van der Waals surface area contributed by atoms with Gasteiger partial charge in [-0.15, -0.1) is 0 Å². The lowest BCUT2D eigenvalue weighted by Crippen LogP contribution is -2.16. The fourth-order valence-electron chi connectivity index (χ4n) is 0.754. The predicted molar refractivity (Wildman–Crippen MR) is 43.9 cm³/mol. The van der Waals surface area contributed by atoms with Gasteiger partial charge in [0.15, 0.2) is 0 Å². The van der Waals surface area contributed by atoms with Gasteiger partial charge in [-0.2, -0.15) is 4.98 Å². The van der Waals surface area contributed by atoms with Crippen LogP contribution >= 0.6 is 0 Å². The van der Waals surface area contributed by atoms with E-state index in [9.17, 15) is 9.59 Å². The molecule has 0 aromatic carbocycles. The molecule has 0 atom stereocenters. The van der Waals surface area contributed by atoms with Gasteiger partial charge in [0.25, 0.3) is 0 Å². The standard InChI is InChI=1S/C7H9N3O2/c1-4-3-8-7(12)10-6(4)9-5(2)11/h3H,1-2H3,(H2,8,9,10,11,12). The second-order valence-electron chi connectivity index (χ2n) is 2.42. The third-order valence-electron chi connectivity index (χ3n) is 1.29. The topological polar surface area (TPSA) is 74.8 Å². The van der Waals surface area contributed by atoms with E-state index in [1.54, 1.807) is 6.92 Å². The molecular weight excluding hydrogens is 158 g/mol. The number of aromatic amines is 1.